The van der Waals surface area contributed by atoms with Crippen LogP contribution < -0.4 is 10.0 Å². The fourth-order valence-corrected chi connectivity index (χ4v) is 3.05. The molecule has 0 amide bonds. The fraction of sp³-hybridized carbons (Fsp3) is 0.286. The number of aromatic amines is 1. The largest absolute Gasteiger partial charge is 0.363 e. The highest BCUT2D eigenvalue weighted by Gasteiger charge is 2.19. The van der Waals surface area contributed by atoms with Gasteiger partial charge in [-0.25, -0.2) is 12.8 Å². The maximum atomic E-state index is 13.7. The van der Waals surface area contributed by atoms with Gasteiger partial charge >= 0.3 is 0 Å². The van der Waals surface area contributed by atoms with Gasteiger partial charge in [-0.1, -0.05) is 19.1 Å². The van der Waals surface area contributed by atoms with E-state index in [1.165, 1.54) is 24.4 Å². The molecular weight excluding hydrogens is 293 g/mol. The molecule has 21 heavy (non-hydrogen) atoms. The van der Waals surface area contributed by atoms with Crippen molar-refractivity contribution in [2.45, 2.75) is 25.3 Å². The molecule has 0 fully saturated rings. The Hall–Kier alpha value is -1.86. The molecule has 0 aliphatic heterocycles. The van der Waals surface area contributed by atoms with E-state index >= 15 is 0 Å². The summed E-state index contributed by atoms with van der Waals surface area (Å²) in [4.78, 5) is 2.97. The smallest absolute Gasteiger partial charge is 0.263 e. The lowest BCUT2D eigenvalue weighted by molar-refractivity contribution is 0.598. The van der Waals surface area contributed by atoms with Crippen LogP contribution in [0.25, 0.3) is 0 Å². The van der Waals surface area contributed by atoms with Gasteiger partial charge in [0.25, 0.3) is 10.0 Å². The Morgan fingerprint density at radius 2 is 2.10 bits per heavy atom. The van der Waals surface area contributed by atoms with Crippen LogP contribution in [0.3, 0.4) is 0 Å². The Morgan fingerprint density at radius 3 is 2.76 bits per heavy atom. The summed E-state index contributed by atoms with van der Waals surface area (Å²) < 4.78 is 40.6. The number of nitrogens with one attached hydrogen (secondary N) is 3. The molecule has 5 nitrogen and oxygen atoms in total. The van der Waals surface area contributed by atoms with E-state index in [4.69, 9.17) is 0 Å². The normalized spacial score (nSPS) is 11.6. The second-order valence-electron chi connectivity index (χ2n) is 4.68. The average molecular weight is 311 g/mol. The van der Waals surface area contributed by atoms with Crippen LogP contribution in [-0.4, -0.2) is 19.9 Å². The Labute approximate surface area is 123 Å². The molecule has 7 heteroatoms. The van der Waals surface area contributed by atoms with Gasteiger partial charge in [-0.15, -0.1) is 0 Å². The van der Waals surface area contributed by atoms with Crippen LogP contribution in [0.1, 0.15) is 18.2 Å². The summed E-state index contributed by atoms with van der Waals surface area (Å²) in [5.41, 5.74) is 1.26. The molecule has 0 saturated heterocycles. The lowest BCUT2D eigenvalue weighted by Crippen LogP contribution is -2.14. The minimum Gasteiger partial charge on any atom is -0.363 e. The molecule has 2 rings (SSSR count). The van der Waals surface area contributed by atoms with Crippen LogP contribution in [0.5, 0.6) is 0 Å². The third-order valence-electron chi connectivity index (χ3n) is 3.05. The summed E-state index contributed by atoms with van der Waals surface area (Å²) in [6.07, 6.45) is 1.39. The molecule has 1 heterocycles. The van der Waals surface area contributed by atoms with E-state index in [0.717, 1.165) is 12.2 Å². The van der Waals surface area contributed by atoms with Gasteiger partial charge in [0, 0.05) is 18.4 Å². The van der Waals surface area contributed by atoms with Crippen molar-refractivity contribution in [1.29, 1.82) is 0 Å². The van der Waals surface area contributed by atoms with Crippen LogP contribution in [-0.2, 0) is 16.6 Å². The van der Waals surface area contributed by atoms with Crippen molar-refractivity contribution in [3.63, 3.8) is 0 Å². The zero-order valence-electron chi connectivity index (χ0n) is 11.9. The number of sulfonamides is 1. The molecule has 0 aliphatic carbocycles. The van der Waals surface area contributed by atoms with Gasteiger partial charge in [0.1, 0.15) is 10.7 Å². The molecule has 0 aliphatic rings. The minimum atomic E-state index is -3.81. The molecule has 0 radical (unpaired) electrons. The maximum absolute atomic E-state index is 13.7. The van der Waals surface area contributed by atoms with Gasteiger partial charge in [-0.3, -0.25) is 4.72 Å². The number of aromatic nitrogens is 1. The minimum absolute atomic E-state index is 0.0214. The highest BCUT2D eigenvalue weighted by atomic mass is 32.2. The summed E-state index contributed by atoms with van der Waals surface area (Å²) in [6.45, 7) is 4.94. The van der Waals surface area contributed by atoms with E-state index in [0.29, 0.717) is 12.1 Å². The number of halogens is 1. The average Bonchev–Trinajstić information content (AvgIpc) is 2.90. The Morgan fingerprint density at radius 1 is 1.33 bits per heavy atom. The van der Waals surface area contributed by atoms with Crippen LogP contribution in [0.2, 0.25) is 0 Å². The van der Waals surface area contributed by atoms with Gasteiger partial charge in [0.15, 0.2) is 0 Å². The predicted octanol–water partition coefficient (Wildman–Crippen LogP) is 2.37. The highest BCUT2D eigenvalue weighted by molar-refractivity contribution is 7.92. The van der Waals surface area contributed by atoms with Crippen molar-refractivity contribution in [3.05, 3.63) is 47.5 Å². The molecule has 3 N–H and O–H groups in total. The first-order chi connectivity index (χ1) is 9.94. The van der Waals surface area contributed by atoms with E-state index < -0.39 is 15.8 Å². The summed E-state index contributed by atoms with van der Waals surface area (Å²) >= 11 is 0. The summed E-state index contributed by atoms with van der Waals surface area (Å²) in [5.74, 6) is -0.595. The molecular formula is C14H18FN3O2S. The van der Waals surface area contributed by atoms with Crippen LogP contribution >= 0.6 is 0 Å². The highest BCUT2D eigenvalue weighted by Crippen LogP contribution is 2.23. The van der Waals surface area contributed by atoms with E-state index in [1.807, 2.05) is 6.92 Å². The molecule has 0 saturated carbocycles. The van der Waals surface area contributed by atoms with Crippen molar-refractivity contribution in [3.8, 4) is 0 Å². The van der Waals surface area contributed by atoms with Gasteiger partial charge < -0.3 is 10.3 Å². The number of benzene rings is 1. The monoisotopic (exact) mass is 311 g/mol. The van der Waals surface area contributed by atoms with Gasteiger partial charge in [-0.2, -0.15) is 0 Å². The number of hydrogen-bond donors (Lipinski definition) is 3. The second-order valence-corrected chi connectivity index (χ2v) is 6.36. The number of rotatable bonds is 6. The van der Waals surface area contributed by atoms with Crippen molar-refractivity contribution in [2.75, 3.05) is 11.3 Å². The molecule has 0 bridgehead atoms. The lowest BCUT2D eigenvalue weighted by Gasteiger charge is -2.10. The third kappa shape index (κ3) is 3.62. The van der Waals surface area contributed by atoms with Crippen molar-refractivity contribution in [2.24, 2.45) is 0 Å². The first-order valence-corrected chi connectivity index (χ1v) is 8.08. The fourth-order valence-electron chi connectivity index (χ4n) is 1.89. The Bertz CT molecular complexity index is 705. The summed E-state index contributed by atoms with van der Waals surface area (Å²) in [6, 6.07) is 5.93. The Kier molecular flexibility index (Phi) is 4.64. The first-order valence-electron chi connectivity index (χ1n) is 6.60. The molecule has 0 unspecified atom stereocenters. The van der Waals surface area contributed by atoms with E-state index in [-0.39, 0.29) is 10.6 Å². The zero-order chi connectivity index (χ0) is 15.5. The lowest BCUT2D eigenvalue weighted by atomic mass is 10.2. The summed E-state index contributed by atoms with van der Waals surface area (Å²) in [5, 5.41) is 3.09. The zero-order valence-corrected chi connectivity index (χ0v) is 12.7. The van der Waals surface area contributed by atoms with Crippen molar-refractivity contribution >= 4 is 15.7 Å². The maximum Gasteiger partial charge on any atom is 0.263 e. The van der Waals surface area contributed by atoms with Crippen LogP contribution in [0.15, 0.2) is 35.4 Å². The number of anilines is 1. The van der Waals surface area contributed by atoms with E-state index in [2.05, 4.69) is 15.0 Å². The molecule has 0 atom stereocenters. The van der Waals surface area contributed by atoms with Gasteiger partial charge in [0.2, 0.25) is 0 Å². The number of aryl methyl sites for hydroxylation is 1. The number of H-pyrrole nitrogens is 1. The Balaban J connectivity index is 2.24. The van der Waals surface area contributed by atoms with Gasteiger partial charge in [0.05, 0.1) is 5.69 Å². The summed E-state index contributed by atoms with van der Waals surface area (Å²) in [7, 11) is -3.81. The number of hydrogen-bond acceptors (Lipinski definition) is 3. The predicted molar refractivity (Wildman–Crippen MR) is 80.1 cm³/mol. The van der Waals surface area contributed by atoms with Crippen LogP contribution in [0.4, 0.5) is 10.1 Å². The quantitative estimate of drug-likeness (QED) is 0.767. The van der Waals surface area contributed by atoms with Gasteiger partial charge in [-0.05, 0) is 31.2 Å². The SMILES string of the molecule is CCNCc1cc(S(=O)(=O)Nc2c(C)cccc2F)c[nH]1. The van der Waals surface area contributed by atoms with Crippen LogP contribution in [0, 0.1) is 12.7 Å². The third-order valence-corrected chi connectivity index (χ3v) is 4.38. The van der Waals surface area contributed by atoms with Crippen molar-refractivity contribution in [1.82, 2.24) is 10.3 Å². The molecule has 114 valence electrons. The standard InChI is InChI=1S/C14H18FN3O2S/c1-3-16-8-11-7-12(9-17-11)21(19,20)18-14-10(2)5-4-6-13(14)15/h4-7,9,16-18H,3,8H2,1-2H3. The molecule has 0 spiro atoms. The van der Waals surface area contributed by atoms with E-state index in [1.54, 1.807) is 13.0 Å². The molecule has 1 aromatic heterocycles. The molecule has 2 aromatic rings. The molecule has 1 aromatic carbocycles. The topological polar surface area (TPSA) is 74.0 Å². The van der Waals surface area contributed by atoms with Crippen molar-refractivity contribution < 1.29 is 12.8 Å². The van der Waals surface area contributed by atoms with E-state index in [9.17, 15) is 12.8 Å². The first kappa shape index (κ1) is 15.5. The number of para-hydroxylation sites is 1. The second kappa shape index (κ2) is 6.28.